The van der Waals surface area contributed by atoms with Crippen molar-refractivity contribution in [2.24, 2.45) is 10.2 Å². The highest BCUT2D eigenvalue weighted by Crippen LogP contribution is 2.21. The van der Waals surface area contributed by atoms with Crippen LogP contribution in [0, 0.1) is 6.92 Å². The topological polar surface area (TPSA) is 63.0 Å². The molecule has 0 atom stereocenters. The molecule has 166 valence electrons. The van der Waals surface area contributed by atoms with E-state index in [4.69, 9.17) is 4.74 Å². The third-order valence-electron chi connectivity index (χ3n) is 5.05. The molecular weight excluding hydrogens is 410 g/mol. The number of hydrogen-bond acceptors (Lipinski definition) is 6. The van der Waals surface area contributed by atoms with Crippen LogP contribution in [0.3, 0.4) is 0 Å². The first-order valence-corrected chi connectivity index (χ1v) is 11.0. The maximum atomic E-state index is 5.99. The molecule has 0 unspecified atom stereocenters. The highest BCUT2D eigenvalue weighted by Gasteiger charge is 2.09. The number of nitrogens with zero attached hydrogens (tertiary/aromatic N) is 5. The van der Waals surface area contributed by atoms with Gasteiger partial charge in [0, 0.05) is 32.0 Å². The predicted molar refractivity (Wildman–Crippen MR) is 130 cm³/mol. The van der Waals surface area contributed by atoms with Gasteiger partial charge in [0.2, 0.25) is 0 Å². The second-order valence-corrected chi connectivity index (χ2v) is 7.73. The quantitative estimate of drug-likeness (QED) is 0.274. The van der Waals surface area contributed by atoms with E-state index in [1.54, 1.807) is 0 Å². The van der Waals surface area contributed by atoms with Crippen molar-refractivity contribution in [3.63, 3.8) is 0 Å². The molecule has 0 radical (unpaired) electrons. The van der Waals surface area contributed by atoms with Gasteiger partial charge in [0.1, 0.15) is 12.4 Å². The van der Waals surface area contributed by atoms with Crippen molar-refractivity contribution in [2.75, 3.05) is 13.2 Å². The molecule has 0 N–H and O–H groups in total. The number of azo groups is 1. The number of aromatic nitrogens is 2. The lowest BCUT2D eigenvalue weighted by Crippen LogP contribution is -2.28. The first-order valence-electron chi connectivity index (χ1n) is 11.0. The molecule has 0 fully saturated rings. The van der Waals surface area contributed by atoms with Crippen LogP contribution in [-0.4, -0.2) is 28.0 Å². The monoisotopic (exact) mass is 437 g/mol. The summed E-state index contributed by atoms with van der Waals surface area (Å²) in [5.41, 5.74) is 4.87. The molecule has 0 aliphatic rings. The Morgan fingerprint density at radius 1 is 0.697 bits per heavy atom. The largest absolute Gasteiger partial charge is 0.492 e. The van der Waals surface area contributed by atoms with Crippen molar-refractivity contribution < 1.29 is 4.74 Å². The van der Waals surface area contributed by atoms with Crippen LogP contribution >= 0.6 is 0 Å². The molecule has 33 heavy (non-hydrogen) atoms. The molecular formula is C27H27N5O. The Labute approximate surface area is 194 Å². The van der Waals surface area contributed by atoms with Gasteiger partial charge in [-0.2, -0.15) is 10.2 Å². The second kappa shape index (κ2) is 11.6. The molecule has 0 spiro atoms. The van der Waals surface area contributed by atoms with Crippen molar-refractivity contribution in [1.29, 1.82) is 0 Å². The fraction of sp³-hybridized carbons (Fsp3) is 0.185. The van der Waals surface area contributed by atoms with Crippen LogP contribution in [0.4, 0.5) is 11.4 Å². The highest BCUT2D eigenvalue weighted by molar-refractivity contribution is 5.43. The number of aryl methyl sites for hydroxylation is 1. The second-order valence-electron chi connectivity index (χ2n) is 7.73. The van der Waals surface area contributed by atoms with E-state index >= 15 is 0 Å². The minimum atomic E-state index is 0.559. The van der Waals surface area contributed by atoms with Crippen LogP contribution in [0.25, 0.3) is 0 Å². The molecule has 0 saturated carbocycles. The fourth-order valence-corrected chi connectivity index (χ4v) is 3.28. The normalized spacial score (nSPS) is 11.2. The summed E-state index contributed by atoms with van der Waals surface area (Å²) < 4.78 is 5.99. The zero-order chi connectivity index (χ0) is 22.7. The molecule has 0 amide bonds. The van der Waals surface area contributed by atoms with Crippen LogP contribution < -0.4 is 4.74 Å². The fourth-order valence-electron chi connectivity index (χ4n) is 3.28. The van der Waals surface area contributed by atoms with E-state index < -0.39 is 0 Å². The Bertz CT molecular complexity index is 1090. The number of pyridine rings is 2. The average molecular weight is 438 g/mol. The van der Waals surface area contributed by atoms with Gasteiger partial charge in [0.15, 0.2) is 0 Å². The summed E-state index contributed by atoms with van der Waals surface area (Å²) in [4.78, 5) is 11.2. The summed E-state index contributed by atoms with van der Waals surface area (Å²) in [7, 11) is 0. The summed E-state index contributed by atoms with van der Waals surface area (Å²) in [6.45, 7) is 4.83. The van der Waals surface area contributed by atoms with Crippen LogP contribution in [-0.2, 0) is 13.1 Å². The van der Waals surface area contributed by atoms with E-state index in [0.29, 0.717) is 6.61 Å². The number of ether oxygens (including phenoxy) is 1. The van der Waals surface area contributed by atoms with Crippen LogP contribution in [0.1, 0.15) is 17.0 Å². The summed E-state index contributed by atoms with van der Waals surface area (Å²) in [5, 5.41) is 8.57. The SMILES string of the molecule is Cc1ccc(N=Nc2ccc(OCCN(Cc3ccccn3)Cc3ccccn3)cc2)cc1. The smallest absolute Gasteiger partial charge is 0.119 e. The summed E-state index contributed by atoms with van der Waals surface area (Å²) >= 11 is 0. The van der Waals surface area contributed by atoms with Crippen LogP contribution in [0.5, 0.6) is 5.75 Å². The van der Waals surface area contributed by atoms with Gasteiger partial charge < -0.3 is 4.74 Å². The lowest BCUT2D eigenvalue weighted by molar-refractivity contribution is 0.193. The molecule has 4 aromatic rings. The molecule has 4 rings (SSSR count). The molecule has 2 aromatic carbocycles. The van der Waals surface area contributed by atoms with Crippen molar-refractivity contribution in [1.82, 2.24) is 14.9 Å². The maximum absolute atomic E-state index is 5.99. The number of hydrogen-bond donors (Lipinski definition) is 0. The molecule has 0 aliphatic carbocycles. The Hall–Kier alpha value is -3.90. The lowest BCUT2D eigenvalue weighted by Gasteiger charge is -2.21. The van der Waals surface area contributed by atoms with Crippen molar-refractivity contribution in [3.05, 3.63) is 114 Å². The molecule has 0 aliphatic heterocycles. The molecule has 0 bridgehead atoms. The van der Waals surface area contributed by atoms with Gasteiger partial charge in [0.05, 0.1) is 22.8 Å². The van der Waals surface area contributed by atoms with Gasteiger partial charge in [0.25, 0.3) is 0 Å². The highest BCUT2D eigenvalue weighted by atomic mass is 16.5. The van der Waals surface area contributed by atoms with E-state index in [1.807, 2.05) is 97.3 Å². The zero-order valence-corrected chi connectivity index (χ0v) is 18.7. The van der Waals surface area contributed by atoms with E-state index in [2.05, 4.69) is 32.0 Å². The molecule has 6 heteroatoms. The van der Waals surface area contributed by atoms with Gasteiger partial charge in [-0.25, -0.2) is 0 Å². The Kier molecular flexibility index (Phi) is 7.87. The predicted octanol–water partition coefficient (Wildman–Crippen LogP) is 6.28. The van der Waals surface area contributed by atoms with Gasteiger partial charge in [-0.3, -0.25) is 14.9 Å². The summed E-state index contributed by atoms with van der Waals surface area (Å²) in [5.74, 6) is 0.805. The van der Waals surface area contributed by atoms with Gasteiger partial charge in [-0.15, -0.1) is 0 Å². The molecule has 6 nitrogen and oxygen atoms in total. The summed E-state index contributed by atoms with van der Waals surface area (Å²) in [6, 6.07) is 27.6. The molecule has 0 saturated heterocycles. The zero-order valence-electron chi connectivity index (χ0n) is 18.7. The standard InChI is InChI=1S/C27H27N5O/c1-22-8-10-23(11-9-22)30-31-24-12-14-27(15-13-24)33-19-18-32(20-25-6-2-4-16-28-25)21-26-7-3-5-17-29-26/h2-17H,18-21H2,1H3. The van der Waals surface area contributed by atoms with Crippen LogP contribution in [0.15, 0.2) is 108 Å². The average Bonchev–Trinajstić information content (AvgIpc) is 2.86. The van der Waals surface area contributed by atoms with Crippen molar-refractivity contribution >= 4 is 11.4 Å². The molecule has 2 heterocycles. The first kappa shape index (κ1) is 22.3. The van der Waals surface area contributed by atoms with E-state index in [-0.39, 0.29) is 0 Å². The Morgan fingerprint density at radius 2 is 1.24 bits per heavy atom. The third kappa shape index (κ3) is 7.33. The Balaban J connectivity index is 1.31. The van der Waals surface area contributed by atoms with E-state index in [0.717, 1.165) is 48.1 Å². The Morgan fingerprint density at radius 3 is 1.76 bits per heavy atom. The van der Waals surface area contributed by atoms with Gasteiger partial charge in [-0.05, 0) is 67.6 Å². The van der Waals surface area contributed by atoms with Crippen molar-refractivity contribution in [3.8, 4) is 5.75 Å². The van der Waals surface area contributed by atoms with E-state index in [9.17, 15) is 0 Å². The first-order chi connectivity index (χ1) is 16.2. The lowest BCUT2D eigenvalue weighted by atomic mass is 10.2. The third-order valence-corrected chi connectivity index (χ3v) is 5.05. The summed E-state index contributed by atoms with van der Waals surface area (Å²) in [6.07, 6.45) is 3.64. The molecule has 2 aromatic heterocycles. The van der Waals surface area contributed by atoms with Crippen LogP contribution in [0.2, 0.25) is 0 Å². The van der Waals surface area contributed by atoms with Crippen molar-refractivity contribution in [2.45, 2.75) is 20.0 Å². The van der Waals surface area contributed by atoms with Gasteiger partial charge >= 0.3 is 0 Å². The van der Waals surface area contributed by atoms with E-state index in [1.165, 1.54) is 5.56 Å². The minimum Gasteiger partial charge on any atom is -0.492 e. The number of rotatable bonds is 10. The minimum absolute atomic E-state index is 0.559. The number of benzene rings is 2. The maximum Gasteiger partial charge on any atom is 0.119 e. The van der Waals surface area contributed by atoms with Gasteiger partial charge in [-0.1, -0.05) is 29.8 Å².